The number of hydrogen-bond donors (Lipinski definition) is 1. The number of amides is 1. The Hall–Kier alpha value is -1.80. The van der Waals surface area contributed by atoms with Gasteiger partial charge in [0.2, 0.25) is 5.13 Å². The molecule has 1 aromatic carbocycles. The molecular weight excluding hydrogens is 346 g/mol. The van der Waals surface area contributed by atoms with Crippen molar-refractivity contribution in [2.45, 2.75) is 37.1 Å². The van der Waals surface area contributed by atoms with Gasteiger partial charge in [0.15, 0.2) is 21.9 Å². The van der Waals surface area contributed by atoms with Crippen molar-refractivity contribution in [3.8, 4) is 11.5 Å². The van der Waals surface area contributed by atoms with E-state index >= 15 is 0 Å². The maximum absolute atomic E-state index is 12.4. The second-order valence-electron chi connectivity index (χ2n) is 4.88. The number of rotatable bonds is 9. The first-order valence-corrected chi connectivity index (χ1v) is 9.55. The number of ether oxygens (including phenoxy) is 2. The lowest BCUT2D eigenvalue weighted by Gasteiger charge is -2.17. The van der Waals surface area contributed by atoms with Crippen molar-refractivity contribution in [3.05, 3.63) is 24.3 Å². The third-order valence-corrected chi connectivity index (χ3v) is 5.25. The first-order valence-electron chi connectivity index (χ1n) is 7.74. The van der Waals surface area contributed by atoms with Crippen molar-refractivity contribution in [3.63, 3.8) is 0 Å². The van der Waals surface area contributed by atoms with Crippen LogP contribution < -0.4 is 14.8 Å². The van der Waals surface area contributed by atoms with Gasteiger partial charge in [-0.1, -0.05) is 49.1 Å². The molecule has 6 nitrogen and oxygen atoms in total. The molecule has 0 saturated carbocycles. The fourth-order valence-electron chi connectivity index (χ4n) is 1.89. The lowest BCUT2D eigenvalue weighted by Crippen LogP contribution is -2.32. The van der Waals surface area contributed by atoms with Gasteiger partial charge in [0.1, 0.15) is 0 Å². The number of carbonyl (C=O) groups excluding carboxylic acids is 1. The molecular formula is C16H21N3O3S2. The highest BCUT2D eigenvalue weighted by Crippen LogP contribution is 2.28. The van der Waals surface area contributed by atoms with Gasteiger partial charge in [-0.15, -0.1) is 10.2 Å². The van der Waals surface area contributed by atoms with E-state index in [1.807, 2.05) is 19.1 Å². The summed E-state index contributed by atoms with van der Waals surface area (Å²) in [5.41, 5.74) is 0. The summed E-state index contributed by atoms with van der Waals surface area (Å²) in [6, 6.07) is 7.26. The van der Waals surface area contributed by atoms with Crippen LogP contribution in [0, 0.1) is 0 Å². The fraction of sp³-hybridized carbons (Fsp3) is 0.438. The summed E-state index contributed by atoms with van der Waals surface area (Å²) in [6.45, 7) is 4.00. The molecule has 0 radical (unpaired) electrons. The van der Waals surface area contributed by atoms with E-state index in [-0.39, 0.29) is 5.91 Å². The van der Waals surface area contributed by atoms with Gasteiger partial charge in [-0.3, -0.25) is 10.1 Å². The van der Waals surface area contributed by atoms with E-state index in [1.54, 1.807) is 31.0 Å². The first kappa shape index (κ1) is 18.5. The van der Waals surface area contributed by atoms with E-state index < -0.39 is 6.10 Å². The van der Waals surface area contributed by atoms with Gasteiger partial charge in [0.25, 0.3) is 5.91 Å². The predicted molar refractivity (Wildman–Crippen MR) is 97.3 cm³/mol. The standard InChI is InChI=1S/C16H21N3O3S2/c1-4-10-23-16-19-18-15(24-16)17-14(20)11(5-2)22-13-9-7-6-8-12(13)21-3/h6-9,11H,4-5,10H2,1-3H3,(H,17,18,20)/t11-/m1/s1. The van der Waals surface area contributed by atoms with E-state index in [1.165, 1.54) is 11.3 Å². The number of methoxy groups -OCH3 is 1. The number of aromatic nitrogens is 2. The Morgan fingerprint density at radius 1 is 1.29 bits per heavy atom. The molecule has 0 aliphatic rings. The largest absolute Gasteiger partial charge is 0.493 e. The first-order chi connectivity index (χ1) is 11.7. The molecule has 2 rings (SSSR count). The van der Waals surface area contributed by atoms with Gasteiger partial charge in [-0.2, -0.15) is 0 Å². The maximum atomic E-state index is 12.4. The Balaban J connectivity index is 1.99. The molecule has 1 heterocycles. The van der Waals surface area contributed by atoms with Gasteiger partial charge < -0.3 is 9.47 Å². The topological polar surface area (TPSA) is 73.3 Å². The Labute approximate surface area is 150 Å². The minimum absolute atomic E-state index is 0.244. The summed E-state index contributed by atoms with van der Waals surface area (Å²) in [5, 5.41) is 11.3. The number of hydrogen-bond acceptors (Lipinski definition) is 7. The summed E-state index contributed by atoms with van der Waals surface area (Å²) in [4.78, 5) is 12.4. The molecule has 0 aliphatic carbocycles. The van der Waals surface area contributed by atoms with Crippen molar-refractivity contribution in [2.75, 3.05) is 18.2 Å². The second kappa shape index (κ2) is 9.48. The van der Waals surface area contributed by atoms with Crippen molar-refractivity contribution < 1.29 is 14.3 Å². The zero-order valence-electron chi connectivity index (χ0n) is 13.9. The number of nitrogens with zero attached hydrogens (tertiary/aromatic N) is 2. The van der Waals surface area contributed by atoms with Crippen LogP contribution in [-0.2, 0) is 4.79 Å². The third-order valence-electron chi connectivity index (χ3n) is 3.07. The number of nitrogens with one attached hydrogen (secondary N) is 1. The van der Waals surface area contributed by atoms with Crippen LogP contribution in [0.25, 0.3) is 0 Å². The van der Waals surface area contributed by atoms with Gasteiger partial charge in [0.05, 0.1) is 7.11 Å². The molecule has 1 N–H and O–H groups in total. The molecule has 130 valence electrons. The van der Waals surface area contributed by atoms with Gasteiger partial charge in [0, 0.05) is 5.75 Å². The minimum Gasteiger partial charge on any atom is -0.493 e. The molecule has 0 aliphatic heterocycles. The SMILES string of the molecule is CCCSc1nnc(NC(=O)[C@@H](CC)Oc2ccccc2OC)s1. The van der Waals surface area contributed by atoms with Crippen LogP contribution in [0.3, 0.4) is 0 Å². The van der Waals surface area contributed by atoms with Gasteiger partial charge >= 0.3 is 0 Å². The van der Waals surface area contributed by atoms with Gasteiger partial charge in [-0.05, 0) is 25.0 Å². The molecule has 24 heavy (non-hydrogen) atoms. The molecule has 0 bridgehead atoms. The normalized spacial score (nSPS) is 11.8. The highest BCUT2D eigenvalue weighted by molar-refractivity contribution is 8.01. The molecule has 0 spiro atoms. The number of carbonyl (C=O) groups is 1. The van der Waals surface area contributed by atoms with Gasteiger partial charge in [-0.25, -0.2) is 0 Å². The Bertz CT molecular complexity index is 664. The smallest absolute Gasteiger partial charge is 0.267 e. The average molecular weight is 367 g/mol. The summed E-state index contributed by atoms with van der Waals surface area (Å²) in [6.07, 6.45) is 0.966. The van der Waals surface area contributed by atoms with Crippen molar-refractivity contribution >= 4 is 34.1 Å². The van der Waals surface area contributed by atoms with E-state index in [9.17, 15) is 4.79 Å². The quantitative estimate of drug-likeness (QED) is 0.536. The number of thioether (sulfide) groups is 1. The van der Waals surface area contributed by atoms with Crippen molar-refractivity contribution in [1.82, 2.24) is 10.2 Å². The Morgan fingerprint density at radius 3 is 2.71 bits per heavy atom. The highest BCUT2D eigenvalue weighted by atomic mass is 32.2. The Morgan fingerprint density at radius 2 is 2.04 bits per heavy atom. The second-order valence-corrected chi connectivity index (χ2v) is 7.20. The molecule has 1 atom stereocenters. The molecule has 1 amide bonds. The van der Waals surface area contributed by atoms with Crippen molar-refractivity contribution in [1.29, 1.82) is 0 Å². The molecule has 2 aromatic rings. The average Bonchev–Trinajstić information content (AvgIpc) is 3.05. The van der Waals surface area contributed by atoms with E-state index in [0.29, 0.717) is 23.1 Å². The van der Waals surface area contributed by atoms with E-state index in [4.69, 9.17) is 9.47 Å². The third kappa shape index (κ3) is 5.10. The zero-order chi connectivity index (χ0) is 17.4. The summed E-state index contributed by atoms with van der Waals surface area (Å²) < 4.78 is 11.9. The molecule has 8 heteroatoms. The van der Waals surface area contributed by atoms with Crippen LogP contribution in [0.2, 0.25) is 0 Å². The fourth-order valence-corrected chi connectivity index (χ4v) is 3.57. The minimum atomic E-state index is -0.628. The maximum Gasteiger partial charge on any atom is 0.267 e. The van der Waals surface area contributed by atoms with E-state index in [0.717, 1.165) is 16.5 Å². The summed E-state index contributed by atoms with van der Waals surface area (Å²) >= 11 is 3.01. The highest BCUT2D eigenvalue weighted by Gasteiger charge is 2.21. The number of anilines is 1. The Kier molecular flexibility index (Phi) is 7.33. The van der Waals surface area contributed by atoms with Crippen LogP contribution in [-0.4, -0.2) is 35.1 Å². The lowest BCUT2D eigenvalue weighted by molar-refractivity contribution is -0.122. The van der Waals surface area contributed by atoms with Crippen LogP contribution in [0.4, 0.5) is 5.13 Å². The van der Waals surface area contributed by atoms with Crippen LogP contribution in [0.5, 0.6) is 11.5 Å². The molecule has 0 fully saturated rings. The predicted octanol–water partition coefficient (Wildman–Crippen LogP) is 3.84. The monoisotopic (exact) mass is 367 g/mol. The van der Waals surface area contributed by atoms with Crippen LogP contribution in [0.15, 0.2) is 28.6 Å². The number of benzene rings is 1. The molecule has 1 aromatic heterocycles. The molecule has 0 unspecified atom stereocenters. The lowest BCUT2D eigenvalue weighted by atomic mass is 10.2. The van der Waals surface area contributed by atoms with Crippen LogP contribution >= 0.6 is 23.1 Å². The summed E-state index contributed by atoms with van der Waals surface area (Å²) in [5.74, 6) is 1.87. The zero-order valence-corrected chi connectivity index (χ0v) is 15.6. The van der Waals surface area contributed by atoms with Crippen molar-refractivity contribution in [2.24, 2.45) is 0 Å². The number of para-hydroxylation sites is 2. The van der Waals surface area contributed by atoms with E-state index in [2.05, 4.69) is 22.4 Å². The molecule has 0 saturated heterocycles. The van der Waals surface area contributed by atoms with Crippen LogP contribution in [0.1, 0.15) is 26.7 Å². The summed E-state index contributed by atoms with van der Waals surface area (Å²) in [7, 11) is 1.57.